The molecule has 13 aromatic rings. The van der Waals surface area contributed by atoms with Gasteiger partial charge in [-0.15, -0.1) is 0 Å². The molecule has 0 N–H and O–H groups in total. The zero-order valence-corrected chi connectivity index (χ0v) is 61.1. The molecule has 5 aliphatic carbocycles. The van der Waals surface area contributed by atoms with Crippen LogP contribution in [0, 0.1) is 0 Å². The van der Waals surface area contributed by atoms with E-state index in [2.05, 4.69) is 412 Å². The predicted octanol–water partition coefficient (Wildman–Crippen LogP) is 28.0. The van der Waals surface area contributed by atoms with Crippen molar-refractivity contribution in [3.63, 3.8) is 0 Å². The maximum absolute atomic E-state index is 4.25. The lowest BCUT2D eigenvalue weighted by atomic mass is 9.81. The summed E-state index contributed by atoms with van der Waals surface area (Å²) >= 11 is 0. The van der Waals surface area contributed by atoms with Crippen LogP contribution in [0.1, 0.15) is 134 Å². The van der Waals surface area contributed by atoms with Gasteiger partial charge in [-0.05, 0) is 235 Å². The second kappa shape index (κ2) is 25.1. The fourth-order valence-electron chi connectivity index (χ4n) is 17.7. The number of rotatable bonds is 12. The Kier molecular flexibility index (Phi) is 15.5. The van der Waals surface area contributed by atoms with Gasteiger partial charge in [0.15, 0.2) is 0 Å². The Hall–Kier alpha value is -12.1. The Balaban J connectivity index is 0.591. The van der Waals surface area contributed by atoms with Gasteiger partial charge in [-0.25, -0.2) is 0 Å². The molecule has 5 aliphatic rings. The average molecular weight is 1350 g/mol. The molecular weight excluding hydrogens is 1270 g/mol. The van der Waals surface area contributed by atoms with E-state index in [4.69, 9.17) is 0 Å². The lowest BCUT2D eigenvalue weighted by Gasteiger charge is -2.30. The molecule has 0 unspecified atom stereocenters. The van der Waals surface area contributed by atoms with E-state index in [1.807, 2.05) is 0 Å². The molecule has 0 saturated heterocycles. The van der Waals surface area contributed by atoms with E-state index in [-0.39, 0.29) is 21.7 Å². The van der Waals surface area contributed by atoms with Crippen LogP contribution in [-0.4, -0.2) is 0 Å². The first-order valence-electron chi connectivity index (χ1n) is 37.2. The van der Waals surface area contributed by atoms with Crippen molar-refractivity contribution in [3.05, 3.63) is 400 Å². The topological polar surface area (TPSA) is 6.48 Å². The maximum atomic E-state index is 4.25. The summed E-state index contributed by atoms with van der Waals surface area (Å²) in [5.74, 6) is 0. The van der Waals surface area contributed by atoms with E-state index in [0.717, 1.165) is 57.2 Å². The van der Waals surface area contributed by atoms with Crippen LogP contribution in [0.15, 0.2) is 328 Å². The van der Waals surface area contributed by atoms with Crippen LogP contribution in [0.3, 0.4) is 0 Å². The minimum atomic E-state index is -0.244. The van der Waals surface area contributed by atoms with Crippen molar-refractivity contribution in [1.29, 1.82) is 0 Å². The summed E-state index contributed by atoms with van der Waals surface area (Å²) in [7, 11) is 0. The van der Waals surface area contributed by atoms with E-state index in [1.54, 1.807) is 0 Å². The normalized spacial score (nSPS) is 17.0. The monoisotopic (exact) mass is 1350 g/mol. The number of benzene rings is 13. The Morgan fingerprint density at radius 3 is 1.10 bits per heavy atom. The molecule has 0 atom stereocenters. The van der Waals surface area contributed by atoms with Crippen molar-refractivity contribution in [2.45, 2.75) is 83.5 Å². The largest absolute Gasteiger partial charge is 0.310 e. The molecule has 0 aliphatic heterocycles. The van der Waals surface area contributed by atoms with Gasteiger partial charge in [-0.2, -0.15) is 0 Å². The van der Waals surface area contributed by atoms with Gasteiger partial charge >= 0.3 is 0 Å². The van der Waals surface area contributed by atoms with Crippen molar-refractivity contribution in [1.82, 2.24) is 0 Å². The highest BCUT2D eigenvalue weighted by Crippen LogP contribution is 2.56. The summed E-state index contributed by atoms with van der Waals surface area (Å²) in [6, 6.07) is 103. The molecule has 0 spiro atoms. The smallest absolute Gasteiger partial charge is 0.0465 e. The van der Waals surface area contributed by atoms with Crippen molar-refractivity contribution in [2.24, 2.45) is 0 Å². The molecule has 2 heteroatoms. The van der Waals surface area contributed by atoms with Gasteiger partial charge in [0, 0.05) is 55.8 Å². The van der Waals surface area contributed by atoms with Crippen LogP contribution >= 0.6 is 0 Å². The molecular formula is C103H84N2. The Morgan fingerprint density at radius 1 is 0.276 bits per heavy atom. The highest BCUT2D eigenvalue weighted by molar-refractivity contribution is 5.94. The number of fused-ring (bicyclic) bond motifs is 13. The molecule has 105 heavy (non-hydrogen) atoms. The van der Waals surface area contributed by atoms with Gasteiger partial charge in [0.1, 0.15) is 0 Å². The quantitative estimate of drug-likeness (QED) is 0.113. The lowest BCUT2D eigenvalue weighted by molar-refractivity contribution is 0.659. The van der Waals surface area contributed by atoms with Crippen LogP contribution in [0.4, 0.5) is 34.1 Å². The zero-order valence-electron chi connectivity index (χ0n) is 61.1. The summed E-state index contributed by atoms with van der Waals surface area (Å²) in [5.41, 5.74) is 37.8. The molecule has 18 rings (SSSR count). The van der Waals surface area contributed by atoms with Crippen molar-refractivity contribution in [3.8, 4) is 55.6 Å². The summed E-state index contributed by atoms with van der Waals surface area (Å²) in [5, 5.41) is 2.50. The minimum Gasteiger partial charge on any atom is -0.310 e. The van der Waals surface area contributed by atoms with Crippen LogP contribution in [0.25, 0.3) is 96.3 Å². The van der Waals surface area contributed by atoms with Crippen molar-refractivity contribution in [2.75, 3.05) is 9.80 Å². The van der Waals surface area contributed by atoms with Crippen molar-refractivity contribution >= 4 is 74.8 Å². The third kappa shape index (κ3) is 11.2. The molecule has 0 aromatic heterocycles. The van der Waals surface area contributed by atoms with Gasteiger partial charge in [0.05, 0.1) is 0 Å². The zero-order chi connectivity index (χ0) is 71.5. The van der Waals surface area contributed by atoms with Gasteiger partial charge in [0.25, 0.3) is 0 Å². The summed E-state index contributed by atoms with van der Waals surface area (Å²) in [6.45, 7) is 23.3. The first-order chi connectivity index (χ1) is 50.9. The van der Waals surface area contributed by atoms with Gasteiger partial charge in [-0.3, -0.25) is 0 Å². The number of nitrogens with zero attached hydrogens (tertiary/aromatic N) is 2. The third-order valence-corrected chi connectivity index (χ3v) is 23.6. The molecule has 0 radical (unpaired) electrons. The second-order valence-electron chi connectivity index (χ2n) is 31.4. The summed E-state index contributed by atoms with van der Waals surface area (Å²) < 4.78 is 0. The highest BCUT2D eigenvalue weighted by Gasteiger charge is 2.41. The van der Waals surface area contributed by atoms with Gasteiger partial charge in [0.2, 0.25) is 0 Å². The average Bonchev–Trinajstić information content (AvgIpc) is 1.60. The Morgan fingerprint density at radius 2 is 0.629 bits per heavy atom. The van der Waals surface area contributed by atoms with Gasteiger partial charge < -0.3 is 9.80 Å². The lowest BCUT2D eigenvalue weighted by Crippen LogP contribution is -2.18. The number of anilines is 6. The van der Waals surface area contributed by atoms with E-state index >= 15 is 0 Å². The van der Waals surface area contributed by atoms with Crippen LogP contribution in [0.5, 0.6) is 0 Å². The van der Waals surface area contributed by atoms with E-state index in [0.29, 0.717) is 0 Å². The predicted molar refractivity (Wildman–Crippen MR) is 449 cm³/mol. The highest BCUT2D eigenvalue weighted by atomic mass is 15.1. The first kappa shape index (κ1) is 65.0. The summed E-state index contributed by atoms with van der Waals surface area (Å²) in [4.78, 5) is 4.93. The number of hydrogen-bond donors (Lipinski definition) is 0. The molecule has 0 amide bonds. The minimum absolute atomic E-state index is 0.133. The first-order valence-corrected chi connectivity index (χ1v) is 37.2. The maximum Gasteiger partial charge on any atom is 0.0465 e. The fourth-order valence-corrected chi connectivity index (χ4v) is 17.7. The van der Waals surface area contributed by atoms with E-state index in [1.165, 1.54) is 133 Å². The molecule has 0 fully saturated rings. The molecule has 0 bridgehead atoms. The molecule has 0 saturated carbocycles. The molecule has 0 heterocycles. The van der Waals surface area contributed by atoms with Gasteiger partial charge in [-0.1, -0.05) is 323 Å². The molecule has 506 valence electrons. The second-order valence-corrected chi connectivity index (χ2v) is 31.4. The number of hydrogen-bond acceptors (Lipinski definition) is 2. The summed E-state index contributed by atoms with van der Waals surface area (Å²) in [6.07, 6.45) is 24.9. The van der Waals surface area contributed by atoms with E-state index in [9.17, 15) is 0 Å². The number of allylic oxidation sites excluding steroid dienone is 9. The van der Waals surface area contributed by atoms with Crippen LogP contribution in [-0.2, 0) is 21.7 Å². The molecule has 2 nitrogen and oxygen atoms in total. The SMILES string of the molecule is C=C1/C=C\C=C/C/C=C(c2ccc(N(c3ccc4c(c3)C(C)(C)c3ccccc3-4)c3ccc4c(c3)C(C)(C)c3cc(/C=C/c5ccc(/C=C/c6ccc7c(c6)C(C)(C)c6cc(N(c8ccc(-c9ccc%10ccccc%10c9)cc8)c8ccc9c(c8)C(C)(C)c8ccccc8-9)ccc6-7)cc5)ccc3-4)cc2)\C=C/1. The van der Waals surface area contributed by atoms with Crippen LogP contribution in [0.2, 0.25) is 0 Å². The van der Waals surface area contributed by atoms with Crippen molar-refractivity contribution < 1.29 is 0 Å². The fraction of sp³-hybridized carbons (Fsp3) is 0.126. The third-order valence-electron chi connectivity index (χ3n) is 23.6. The molecule has 13 aromatic carbocycles. The van der Waals surface area contributed by atoms with E-state index < -0.39 is 0 Å². The Bertz CT molecular complexity index is 5930. The van der Waals surface area contributed by atoms with Crippen LogP contribution < -0.4 is 9.80 Å². The standard InChI is InChI=1S/C103H84N2/c1-67-20-12-10-11-13-21-72(39-28-67)74-42-46-78(47-43-74)104(80-50-56-88-84-24-16-18-26-92(84)100(2,3)96(88)63-80)82-52-58-90-86-54-37-70(60-94(86)102(6,7)98(90)65-82)35-33-68-29-31-69(32-30-68)34-36-71-38-55-87-91-59-53-83(66-99(91)103(8,9)95(87)61-71)105(81-51-57-89-85-25-17-19-27-93(85)101(4,5)97(89)64-81)79-48-44-75(45-49-79)77-41-40-73-22-14-15-23-76(73)62-77/h10-12,14-66H,1,13H2,2-9H3/b11-10-,20-12-,35-33+,36-34+,39-28-,72-21+. The Labute approximate surface area is 619 Å².